The zero-order valence-electron chi connectivity index (χ0n) is 24.1. The van der Waals surface area contributed by atoms with Gasteiger partial charge in [-0.2, -0.15) is 10.2 Å². The number of methoxy groups -OCH3 is 1. The van der Waals surface area contributed by atoms with Crippen molar-refractivity contribution in [1.82, 2.24) is 24.4 Å². The first-order valence-electron chi connectivity index (χ1n) is 14.2. The molecule has 2 saturated heterocycles. The third-order valence-corrected chi connectivity index (χ3v) is 8.02. The van der Waals surface area contributed by atoms with Crippen LogP contribution in [0.3, 0.4) is 0 Å². The van der Waals surface area contributed by atoms with E-state index in [0.29, 0.717) is 35.9 Å². The number of imidazole rings is 1. The van der Waals surface area contributed by atoms with Crippen molar-refractivity contribution < 1.29 is 23.4 Å². The number of nitriles is 1. The van der Waals surface area contributed by atoms with Crippen molar-refractivity contribution in [2.75, 3.05) is 38.3 Å². The maximum atomic E-state index is 14.3. The molecule has 0 bridgehead atoms. The second-order valence-corrected chi connectivity index (χ2v) is 10.8. The van der Waals surface area contributed by atoms with E-state index in [1.807, 2.05) is 18.2 Å². The predicted octanol–water partition coefficient (Wildman–Crippen LogP) is 3.70. The van der Waals surface area contributed by atoms with Crippen LogP contribution >= 0.6 is 0 Å². The molecule has 6 rings (SSSR count). The molecule has 0 N–H and O–H groups in total. The lowest BCUT2D eigenvalue weighted by molar-refractivity contribution is -0.0592. The highest BCUT2D eigenvalue weighted by Gasteiger charge is 2.28. The Bertz CT molecular complexity index is 1680. The minimum Gasteiger partial charge on any atom is -0.472 e. The molecule has 2 aromatic carbocycles. The predicted molar refractivity (Wildman–Crippen MR) is 155 cm³/mol. The number of hydrogen-bond acceptors (Lipinski definition) is 10. The molecule has 0 radical (unpaired) electrons. The number of nitrogens with zero attached hydrogens (tertiary/aromatic N) is 7. The molecule has 0 amide bonds. The average molecular weight is 586 g/mol. The Balaban J connectivity index is 1.13. The van der Waals surface area contributed by atoms with Crippen LogP contribution in [-0.4, -0.2) is 75.9 Å². The first-order chi connectivity index (χ1) is 20.9. The maximum Gasteiger partial charge on any atom is 0.337 e. The summed E-state index contributed by atoms with van der Waals surface area (Å²) in [4.78, 5) is 30.6. The van der Waals surface area contributed by atoms with Crippen LogP contribution in [0, 0.1) is 17.1 Å². The molecule has 2 aromatic heterocycles. The van der Waals surface area contributed by atoms with E-state index in [1.54, 1.807) is 18.3 Å². The summed E-state index contributed by atoms with van der Waals surface area (Å²) in [5.74, 6) is 1.05. The van der Waals surface area contributed by atoms with Crippen molar-refractivity contribution in [2.24, 2.45) is 0 Å². The molecule has 2 fully saturated rings. The van der Waals surface area contributed by atoms with Crippen LogP contribution in [0.25, 0.3) is 11.0 Å². The van der Waals surface area contributed by atoms with Gasteiger partial charge in [-0.25, -0.2) is 14.2 Å². The summed E-state index contributed by atoms with van der Waals surface area (Å²) in [6, 6.07) is 11.9. The summed E-state index contributed by atoms with van der Waals surface area (Å²) < 4.78 is 32.8. The molecule has 12 heteroatoms. The van der Waals surface area contributed by atoms with Gasteiger partial charge in [-0.1, -0.05) is 6.07 Å². The number of carbonyl (C=O) groups is 1. The molecular weight excluding hydrogens is 553 g/mol. The first kappa shape index (κ1) is 28.5. The lowest BCUT2D eigenvalue weighted by Gasteiger charge is -2.40. The molecule has 2 aliphatic rings. The van der Waals surface area contributed by atoms with Crippen molar-refractivity contribution >= 4 is 22.8 Å². The van der Waals surface area contributed by atoms with E-state index in [1.165, 1.54) is 25.4 Å². The lowest BCUT2D eigenvalue weighted by Crippen LogP contribution is -2.52. The van der Waals surface area contributed by atoms with Crippen LogP contribution in [0.1, 0.15) is 40.7 Å². The topological polar surface area (TPSA) is 119 Å². The summed E-state index contributed by atoms with van der Waals surface area (Å²) in [7, 11) is 1.38. The van der Waals surface area contributed by atoms with Gasteiger partial charge in [0.05, 0.1) is 66.9 Å². The molecule has 0 saturated carbocycles. The number of anilines is 1. The van der Waals surface area contributed by atoms with Crippen LogP contribution in [-0.2, 0) is 29.2 Å². The minimum absolute atomic E-state index is 0.0200. The van der Waals surface area contributed by atoms with Gasteiger partial charge in [0, 0.05) is 37.8 Å². The summed E-state index contributed by atoms with van der Waals surface area (Å²) >= 11 is 0. The average Bonchev–Trinajstić information content (AvgIpc) is 3.34. The van der Waals surface area contributed by atoms with Gasteiger partial charge in [0.25, 0.3) is 0 Å². The van der Waals surface area contributed by atoms with Crippen LogP contribution in [0.15, 0.2) is 48.8 Å². The zero-order valence-corrected chi connectivity index (χ0v) is 24.1. The Morgan fingerprint density at radius 2 is 2.05 bits per heavy atom. The molecule has 4 heterocycles. The van der Waals surface area contributed by atoms with E-state index in [9.17, 15) is 9.18 Å². The van der Waals surface area contributed by atoms with Crippen LogP contribution in [0.5, 0.6) is 5.88 Å². The number of halogens is 1. The van der Waals surface area contributed by atoms with Crippen molar-refractivity contribution in [3.63, 3.8) is 0 Å². The molecule has 4 aromatic rings. The highest BCUT2D eigenvalue weighted by molar-refractivity contribution is 5.93. The molecule has 43 heavy (non-hydrogen) atoms. The normalized spacial score (nSPS) is 18.7. The number of hydrogen-bond donors (Lipinski definition) is 0. The molecule has 2 atom stereocenters. The van der Waals surface area contributed by atoms with Gasteiger partial charge < -0.3 is 23.7 Å². The van der Waals surface area contributed by atoms with Crippen molar-refractivity contribution in [1.29, 1.82) is 5.26 Å². The number of carbonyl (C=O) groups excluding carboxylic acids is 1. The van der Waals surface area contributed by atoms with Gasteiger partial charge in [0.15, 0.2) is 5.82 Å². The summed E-state index contributed by atoms with van der Waals surface area (Å²) in [5.41, 5.74) is 2.82. The van der Waals surface area contributed by atoms with Crippen LogP contribution in [0.4, 0.5) is 10.2 Å². The van der Waals surface area contributed by atoms with Gasteiger partial charge in [-0.15, -0.1) is 0 Å². The SMILES string of the molecule is COC(=O)c1ccc2nc(CN3CCN(c4cncc(OCc5ccc(C#N)cc5F)n4)C[C@@H]3C)n(C[C@@H]3CCO3)c2c1. The summed E-state index contributed by atoms with van der Waals surface area (Å²) in [6.45, 7) is 6.47. The van der Waals surface area contributed by atoms with E-state index in [4.69, 9.17) is 24.5 Å². The monoisotopic (exact) mass is 585 g/mol. The standard InChI is InChI=1S/C31H32FN7O4/c1-20-16-38(28-14-34-15-30(36-28)43-19-23-4-3-21(13-33)11-25(23)32)9-8-37(20)18-29-35-26-6-5-22(31(40)41-2)12-27(26)39(29)17-24-7-10-42-24/h3-6,11-12,14-15,20,24H,7-10,16-19H2,1-2H3/t20-,24-/m0/s1. The Kier molecular flexibility index (Phi) is 8.18. The number of piperazine rings is 1. The Morgan fingerprint density at radius 1 is 1.19 bits per heavy atom. The number of fused-ring (bicyclic) bond motifs is 1. The molecule has 11 nitrogen and oxygen atoms in total. The first-order valence-corrected chi connectivity index (χ1v) is 14.2. The zero-order chi connectivity index (χ0) is 29.9. The van der Waals surface area contributed by atoms with E-state index < -0.39 is 5.82 Å². The van der Waals surface area contributed by atoms with Crippen LogP contribution in [0.2, 0.25) is 0 Å². The number of benzene rings is 2. The van der Waals surface area contributed by atoms with Gasteiger partial charge >= 0.3 is 5.97 Å². The maximum absolute atomic E-state index is 14.3. The van der Waals surface area contributed by atoms with E-state index in [0.717, 1.165) is 49.5 Å². The molecule has 0 aliphatic carbocycles. The van der Waals surface area contributed by atoms with E-state index >= 15 is 0 Å². The number of aromatic nitrogens is 4. The Morgan fingerprint density at radius 3 is 2.77 bits per heavy atom. The molecule has 0 spiro atoms. The Hall–Kier alpha value is -4.60. The fraction of sp³-hybridized carbons (Fsp3) is 0.387. The van der Waals surface area contributed by atoms with Gasteiger partial charge in [-0.05, 0) is 43.7 Å². The molecule has 2 aliphatic heterocycles. The molecule has 0 unspecified atom stereocenters. The molecular formula is C31H32FN7O4. The highest BCUT2D eigenvalue weighted by atomic mass is 19.1. The van der Waals surface area contributed by atoms with Gasteiger partial charge in [-0.3, -0.25) is 9.88 Å². The largest absolute Gasteiger partial charge is 0.472 e. The van der Waals surface area contributed by atoms with Crippen molar-refractivity contribution in [2.45, 2.75) is 45.2 Å². The summed E-state index contributed by atoms with van der Waals surface area (Å²) in [5, 5.41) is 8.95. The number of ether oxygens (including phenoxy) is 3. The summed E-state index contributed by atoms with van der Waals surface area (Å²) in [6.07, 6.45) is 4.34. The minimum atomic E-state index is -0.495. The van der Waals surface area contributed by atoms with Gasteiger partial charge in [0.1, 0.15) is 18.2 Å². The Labute approximate surface area is 248 Å². The lowest BCUT2D eigenvalue weighted by atomic mass is 10.1. The third-order valence-electron chi connectivity index (χ3n) is 8.02. The van der Waals surface area contributed by atoms with E-state index in [2.05, 4.69) is 31.3 Å². The van der Waals surface area contributed by atoms with E-state index in [-0.39, 0.29) is 30.3 Å². The fourth-order valence-corrected chi connectivity index (χ4v) is 5.44. The second kappa shape index (κ2) is 12.3. The molecule has 222 valence electrons. The number of rotatable bonds is 9. The fourth-order valence-electron chi connectivity index (χ4n) is 5.44. The smallest absolute Gasteiger partial charge is 0.337 e. The number of esters is 1. The van der Waals surface area contributed by atoms with Crippen molar-refractivity contribution in [3.05, 3.63) is 77.1 Å². The van der Waals surface area contributed by atoms with Crippen molar-refractivity contribution in [3.8, 4) is 11.9 Å². The van der Waals surface area contributed by atoms with Gasteiger partial charge in [0.2, 0.25) is 5.88 Å². The van der Waals surface area contributed by atoms with Crippen LogP contribution < -0.4 is 9.64 Å². The highest BCUT2D eigenvalue weighted by Crippen LogP contribution is 2.26. The third kappa shape index (κ3) is 6.14. The quantitative estimate of drug-likeness (QED) is 0.269. The second-order valence-electron chi connectivity index (χ2n) is 10.8.